The Morgan fingerprint density at radius 1 is 1.32 bits per heavy atom. The standard InChI is InChI=1S/C20H22BrF3N6O/c1-4-29-8-14(21)16(27-29)9-28(3)17(31)10-30-19-18(11(2)26-30)13(20(22,23)24)7-15(25-19)12-5-6-12/h7-8,12H,4-6,9-10H2,1-3H3. The average Bonchev–Trinajstić information content (AvgIpc) is 3.43. The molecule has 0 radical (unpaired) electrons. The van der Waals surface area contributed by atoms with E-state index in [9.17, 15) is 18.0 Å². The number of alkyl halides is 3. The summed E-state index contributed by atoms with van der Waals surface area (Å²) in [7, 11) is 1.63. The molecule has 1 amide bonds. The van der Waals surface area contributed by atoms with Gasteiger partial charge in [0.2, 0.25) is 5.91 Å². The summed E-state index contributed by atoms with van der Waals surface area (Å²) in [4.78, 5) is 18.8. The topological polar surface area (TPSA) is 68.8 Å². The molecule has 0 spiro atoms. The lowest BCUT2D eigenvalue weighted by Gasteiger charge is -2.16. The molecule has 3 aromatic heterocycles. The predicted octanol–water partition coefficient (Wildman–Crippen LogP) is 4.27. The second kappa shape index (κ2) is 7.92. The zero-order valence-corrected chi connectivity index (χ0v) is 19.0. The van der Waals surface area contributed by atoms with Crippen LogP contribution in [0.15, 0.2) is 16.7 Å². The fourth-order valence-corrected chi connectivity index (χ4v) is 4.00. The van der Waals surface area contributed by atoms with Crippen LogP contribution in [0.3, 0.4) is 0 Å². The molecule has 0 aliphatic heterocycles. The average molecular weight is 499 g/mol. The molecule has 0 unspecified atom stereocenters. The number of hydrogen-bond acceptors (Lipinski definition) is 4. The molecule has 7 nitrogen and oxygen atoms in total. The number of aryl methyl sites for hydroxylation is 2. The fourth-order valence-electron chi connectivity index (χ4n) is 3.56. The van der Waals surface area contributed by atoms with Gasteiger partial charge in [-0.25, -0.2) is 9.67 Å². The van der Waals surface area contributed by atoms with Crippen LogP contribution in [0.1, 0.15) is 48.3 Å². The number of fused-ring (bicyclic) bond motifs is 1. The fraction of sp³-hybridized carbons (Fsp3) is 0.500. The maximum absolute atomic E-state index is 13.7. The van der Waals surface area contributed by atoms with Crippen molar-refractivity contribution >= 4 is 32.9 Å². The molecule has 166 valence electrons. The van der Waals surface area contributed by atoms with Crippen LogP contribution in [0.4, 0.5) is 13.2 Å². The third-order valence-electron chi connectivity index (χ3n) is 5.41. The number of pyridine rings is 1. The van der Waals surface area contributed by atoms with Crippen LogP contribution in [-0.4, -0.2) is 42.4 Å². The predicted molar refractivity (Wildman–Crippen MR) is 111 cm³/mol. The van der Waals surface area contributed by atoms with E-state index in [-0.39, 0.29) is 41.6 Å². The zero-order chi connectivity index (χ0) is 22.5. The van der Waals surface area contributed by atoms with Gasteiger partial charge in [-0.15, -0.1) is 0 Å². The minimum absolute atomic E-state index is 0.0403. The van der Waals surface area contributed by atoms with Crippen molar-refractivity contribution in [1.29, 1.82) is 0 Å². The van der Waals surface area contributed by atoms with Crippen LogP contribution >= 0.6 is 15.9 Å². The SMILES string of the molecule is CCn1cc(Br)c(CN(C)C(=O)Cn2nc(C)c3c(C(F)(F)F)cc(C4CC4)nc32)n1. The Morgan fingerprint density at radius 2 is 2.03 bits per heavy atom. The Bertz CT molecular complexity index is 1150. The first-order chi connectivity index (χ1) is 14.6. The molecule has 1 aliphatic carbocycles. The van der Waals surface area contributed by atoms with Gasteiger partial charge in [-0.3, -0.25) is 9.48 Å². The summed E-state index contributed by atoms with van der Waals surface area (Å²) in [6.45, 7) is 4.23. The Labute approximate surface area is 185 Å². The van der Waals surface area contributed by atoms with Crippen molar-refractivity contribution in [2.75, 3.05) is 7.05 Å². The molecule has 31 heavy (non-hydrogen) atoms. The first kappa shape index (κ1) is 21.8. The Kier molecular flexibility index (Phi) is 5.57. The van der Waals surface area contributed by atoms with Gasteiger partial charge in [0, 0.05) is 31.4 Å². The molecule has 11 heteroatoms. The molecular formula is C20H22BrF3N6O. The van der Waals surface area contributed by atoms with Crippen LogP contribution < -0.4 is 0 Å². The van der Waals surface area contributed by atoms with Crippen molar-refractivity contribution in [3.05, 3.63) is 39.4 Å². The third kappa shape index (κ3) is 4.32. The smallest absolute Gasteiger partial charge is 0.338 e. The molecule has 0 N–H and O–H groups in total. The number of nitrogens with zero attached hydrogens (tertiary/aromatic N) is 6. The van der Waals surface area contributed by atoms with E-state index < -0.39 is 11.7 Å². The van der Waals surface area contributed by atoms with Gasteiger partial charge in [0.05, 0.1) is 33.4 Å². The largest absolute Gasteiger partial charge is 0.417 e. The molecule has 1 fully saturated rings. The Balaban J connectivity index is 1.64. The highest BCUT2D eigenvalue weighted by Crippen LogP contribution is 2.43. The molecule has 4 rings (SSSR count). The summed E-state index contributed by atoms with van der Waals surface area (Å²) < 4.78 is 45.0. The summed E-state index contributed by atoms with van der Waals surface area (Å²) in [5, 5.41) is 8.59. The highest BCUT2D eigenvalue weighted by Gasteiger charge is 2.37. The summed E-state index contributed by atoms with van der Waals surface area (Å²) in [6.07, 6.45) is -1.04. The molecule has 1 aliphatic rings. The molecule has 0 saturated heterocycles. The van der Waals surface area contributed by atoms with E-state index in [4.69, 9.17) is 0 Å². The van der Waals surface area contributed by atoms with E-state index in [2.05, 4.69) is 31.1 Å². The number of rotatable bonds is 6. The van der Waals surface area contributed by atoms with Gasteiger partial charge in [-0.1, -0.05) is 0 Å². The van der Waals surface area contributed by atoms with Crippen molar-refractivity contribution in [2.45, 2.75) is 58.4 Å². The van der Waals surface area contributed by atoms with Crippen LogP contribution in [0.2, 0.25) is 0 Å². The molecule has 3 heterocycles. The number of likely N-dealkylation sites (N-methyl/N-ethyl adjacent to an activating group) is 1. The van der Waals surface area contributed by atoms with E-state index in [1.807, 2.05) is 13.1 Å². The van der Waals surface area contributed by atoms with E-state index in [1.165, 1.54) is 16.5 Å². The van der Waals surface area contributed by atoms with Gasteiger partial charge in [0.25, 0.3) is 0 Å². The van der Waals surface area contributed by atoms with Crippen molar-refractivity contribution in [2.24, 2.45) is 0 Å². The maximum atomic E-state index is 13.7. The number of amides is 1. The normalized spacial score (nSPS) is 14.4. The van der Waals surface area contributed by atoms with Gasteiger partial charge in [0.1, 0.15) is 6.54 Å². The molecule has 0 bridgehead atoms. The van der Waals surface area contributed by atoms with Crippen LogP contribution in [-0.2, 0) is 30.6 Å². The lowest BCUT2D eigenvalue weighted by atomic mass is 10.1. The summed E-state index contributed by atoms with van der Waals surface area (Å²) in [5.41, 5.74) is 0.686. The van der Waals surface area contributed by atoms with Crippen molar-refractivity contribution in [3.8, 4) is 0 Å². The van der Waals surface area contributed by atoms with Crippen LogP contribution in [0.5, 0.6) is 0 Å². The van der Waals surface area contributed by atoms with Crippen molar-refractivity contribution in [3.63, 3.8) is 0 Å². The molecule has 0 aromatic carbocycles. The van der Waals surface area contributed by atoms with E-state index >= 15 is 0 Å². The minimum atomic E-state index is -4.52. The Hall–Kier alpha value is -2.43. The molecule has 0 atom stereocenters. The van der Waals surface area contributed by atoms with Crippen molar-refractivity contribution in [1.82, 2.24) is 29.4 Å². The monoisotopic (exact) mass is 498 g/mol. The van der Waals surface area contributed by atoms with Crippen LogP contribution in [0, 0.1) is 6.92 Å². The second-order valence-electron chi connectivity index (χ2n) is 7.84. The number of hydrogen-bond donors (Lipinski definition) is 0. The summed E-state index contributed by atoms with van der Waals surface area (Å²) in [6, 6.07) is 1.13. The van der Waals surface area contributed by atoms with Gasteiger partial charge in [-0.2, -0.15) is 23.4 Å². The highest BCUT2D eigenvalue weighted by molar-refractivity contribution is 9.10. The zero-order valence-electron chi connectivity index (χ0n) is 17.4. The first-order valence-corrected chi connectivity index (χ1v) is 10.8. The lowest BCUT2D eigenvalue weighted by molar-refractivity contribution is -0.136. The number of halogens is 4. The second-order valence-corrected chi connectivity index (χ2v) is 8.69. The highest BCUT2D eigenvalue weighted by atomic mass is 79.9. The van der Waals surface area contributed by atoms with Crippen LogP contribution in [0.25, 0.3) is 11.0 Å². The molecular weight excluding hydrogens is 477 g/mol. The third-order valence-corrected chi connectivity index (χ3v) is 6.07. The summed E-state index contributed by atoms with van der Waals surface area (Å²) in [5.74, 6) is -0.256. The maximum Gasteiger partial charge on any atom is 0.417 e. The Morgan fingerprint density at radius 3 is 2.61 bits per heavy atom. The lowest BCUT2D eigenvalue weighted by Crippen LogP contribution is -2.30. The van der Waals surface area contributed by atoms with E-state index in [1.54, 1.807) is 11.7 Å². The van der Waals surface area contributed by atoms with Gasteiger partial charge in [-0.05, 0) is 48.7 Å². The summed E-state index contributed by atoms with van der Waals surface area (Å²) >= 11 is 3.44. The van der Waals surface area contributed by atoms with E-state index in [0.29, 0.717) is 17.9 Å². The number of aromatic nitrogens is 5. The molecule has 1 saturated carbocycles. The number of carbonyl (C=O) groups is 1. The van der Waals surface area contributed by atoms with Gasteiger partial charge >= 0.3 is 6.18 Å². The molecule has 3 aromatic rings. The van der Waals surface area contributed by atoms with E-state index in [0.717, 1.165) is 23.4 Å². The quantitative estimate of drug-likeness (QED) is 0.508. The van der Waals surface area contributed by atoms with Crippen molar-refractivity contribution < 1.29 is 18.0 Å². The van der Waals surface area contributed by atoms with Gasteiger partial charge in [0.15, 0.2) is 5.65 Å². The van der Waals surface area contributed by atoms with Gasteiger partial charge < -0.3 is 4.90 Å². The minimum Gasteiger partial charge on any atom is -0.338 e. The first-order valence-electron chi connectivity index (χ1n) is 9.99. The number of carbonyl (C=O) groups excluding carboxylic acids is 1.